The summed E-state index contributed by atoms with van der Waals surface area (Å²) in [7, 11) is -3.17. The zero-order valence-electron chi connectivity index (χ0n) is 14.4. The van der Waals surface area contributed by atoms with Crippen LogP contribution in [0, 0.1) is 0 Å². The van der Waals surface area contributed by atoms with E-state index in [4.69, 9.17) is 0 Å². The zero-order chi connectivity index (χ0) is 18.0. The number of aryl methyl sites for hydroxylation is 2. The summed E-state index contributed by atoms with van der Waals surface area (Å²) in [6.07, 6.45) is 6.90. The molecule has 25 heavy (non-hydrogen) atoms. The Bertz CT molecular complexity index is 856. The predicted octanol–water partition coefficient (Wildman–Crippen LogP) is 1.92. The molecule has 0 aliphatic carbocycles. The fraction of sp³-hybridized carbons (Fsp3) is 0.562. The van der Waals surface area contributed by atoms with E-state index >= 15 is 0 Å². The molecule has 2 aromatic rings. The molecule has 1 amide bonds. The number of carbonyl (C=O) groups is 1. The number of hydrogen-bond donors (Lipinski definition) is 0. The van der Waals surface area contributed by atoms with Crippen LogP contribution in [0.25, 0.3) is 0 Å². The molecule has 0 spiro atoms. The number of hydrogen-bond acceptors (Lipinski definition) is 6. The third-order valence-corrected chi connectivity index (χ3v) is 6.96. The molecule has 0 radical (unpaired) electrons. The second-order valence-corrected chi connectivity index (χ2v) is 9.47. The molecule has 3 heterocycles. The molecule has 2 aromatic heterocycles. The Kier molecular flexibility index (Phi) is 5.24. The van der Waals surface area contributed by atoms with Gasteiger partial charge in [-0.25, -0.2) is 13.4 Å². The molecule has 1 fully saturated rings. The molecule has 1 aliphatic rings. The molecule has 136 valence electrons. The van der Waals surface area contributed by atoms with E-state index in [1.165, 1.54) is 11.3 Å². The van der Waals surface area contributed by atoms with Crippen LogP contribution in [0.4, 0.5) is 0 Å². The first-order valence-electron chi connectivity index (χ1n) is 8.42. The van der Waals surface area contributed by atoms with E-state index in [9.17, 15) is 13.2 Å². The van der Waals surface area contributed by atoms with Gasteiger partial charge in [-0.3, -0.25) is 9.48 Å². The van der Waals surface area contributed by atoms with Crippen molar-refractivity contribution in [2.24, 2.45) is 0 Å². The highest BCUT2D eigenvalue weighted by atomic mass is 32.2. The Morgan fingerprint density at radius 2 is 2.16 bits per heavy atom. The summed E-state index contributed by atoms with van der Waals surface area (Å²) in [4.78, 5) is 19.5. The monoisotopic (exact) mass is 382 g/mol. The zero-order valence-corrected chi connectivity index (χ0v) is 16.0. The van der Waals surface area contributed by atoms with Gasteiger partial charge < -0.3 is 4.90 Å². The van der Waals surface area contributed by atoms with Crippen LogP contribution in [0.5, 0.6) is 0 Å². The molecule has 0 N–H and O–H groups in total. The molecule has 1 saturated heterocycles. The van der Waals surface area contributed by atoms with Gasteiger partial charge >= 0.3 is 0 Å². The Balaban J connectivity index is 1.89. The van der Waals surface area contributed by atoms with Gasteiger partial charge in [0.2, 0.25) is 0 Å². The van der Waals surface area contributed by atoms with E-state index in [2.05, 4.69) is 17.0 Å². The normalized spacial score (nSPS) is 19.9. The Hall–Kier alpha value is -1.74. The minimum Gasteiger partial charge on any atom is -0.329 e. The highest BCUT2D eigenvalue weighted by molar-refractivity contribution is 7.91. The van der Waals surface area contributed by atoms with E-state index in [1.54, 1.807) is 22.0 Å². The van der Waals surface area contributed by atoms with Crippen LogP contribution in [0.1, 0.15) is 46.6 Å². The number of thiazole rings is 1. The summed E-state index contributed by atoms with van der Waals surface area (Å²) in [6.45, 7) is 4.93. The minimum absolute atomic E-state index is 0.00221. The van der Waals surface area contributed by atoms with Crippen LogP contribution in [0.3, 0.4) is 0 Å². The van der Waals surface area contributed by atoms with Crippen LogP contribution >= 0.6 is 11.3 Å². The van der Waals surface area contributed by atoms with E-state index in [1.807, 2.05) is 13.1 Å². The molecular weight excluding hydrogens is 360 g/mol. The van der Waals surface area contributed by atoms with Crippen molar-refractivity contribution in [3.63, 3.8) is 0 Å². The van der Waals surface area contributed by atoms with Gasteiger partial charge in [-0.05, 0) is 19.8 Å². The van der Waals surface area contributed by atoms with Gasteiger partial charge in [-0.1, -0.05) is 6.92 Å². The molecule has 1 aliphatic heterocycles. The lowest BCUT2D eigenvalue weighted by molar-refractivity contribution is 0.0702. The van der Waals surface area contributed by atoms with Crippen molar-refractivity contribution >= 4 is 27.1 Å². The SMILES string of the molecule is CCCc1ncc(C(=O)N2CCS(=O)(=O)CC2c2cnn(CC)c2)s1. The smallest absolute Gasteiger partial charge is 0.266 e. The standard InChI is InChI=1S/C16H22N4O3S2/c1-3-5-15-17-9-14(24-15)16(21)20-6-7-25(22,23)11-13(20)12-8-18-19(4-2)10-12/h8-10,13H,3-7,11H2,1-2H3. The number of aromatic nitrogens is 3. The molecule has 9 heteroatoms. The van der Waals surface area contributed by atoms with Crippen molar-refractivity contribution in [3.05, 3.63) is 34.0 Å². The fourth-order valence-corrected chi connectivity index (χ4v) is 5.40. The molecular formula is C16H22N4O3S2. The molecule has 0 saturated carbocycles. The average Bonchev–Trinajstić information content (AvgIpc) is 3.23. The maximum atomic E-state index is 13.0. The Morgan fingerprint density at radius 1 is 1.36 bits per heavy atom. The Morgan fingerprint density at radius 3 is 2.84 bits per heavy atom. The molecule has 3 rings (SSSR count). The number of sulfone groups is 1. The lowest BCUT2D eigenvalue weighted by atomic mass is 10.1. The van der Waals surface area contributed by atoms with Crippen LogP contribution in [-0.2, 0) is 22.8 Å². The number of nitrogens with zero attached hydrogens (tertiary/aromatic N) is 4. The van der Waals surface area contributed by atoms with Gasteiger partial charge in [0, 0.05) is 24.8 Å². The van der Waals surface area contributed by atoms with E-state index < -0.39 is 15.9 Å². The second-order valence-electron chi connectivity index (χ2n) is 6.13. The lowest BCUT2D eigenvalue weighted by Crippen LogP contribution is -2.45. The second kappa shape index (κ2) is 7.25. The van der Waals surface area contributed by atoms with Crippen LogP contribution in [0.15, 0.2) is 18.6 Å². The van der Waals surface area contributed by atoms with Crippen LogP contribution in [-0.4, -0.2) is 52.0 Å². The summed E-state index contributed by atoms with van der Waals surface area (Å²) >= 11 is 1.39. The van der Waals surface area contributed by atoms with Crippen LogP contribution in [0.2, 0.25) is 0 Å². The van der Waals surface area contributed by atoms with Crippen LogP contribution < -0.4 is 0 Å². The van der Waals surface area contributed by atoms with Gasteiger partial charge in [-0.15, -0.1) is 11.3 Å². The molecule has 1 atom stereocenters. The Labute approximate surface area is 151 Å². The van der Waals surface area contributed by atoms with Gasteiger partial charge in [0.15, 0.2) is 9.84 Å². The molecule has 1 unspecified atom stereocenters. The van der Waals surface area contributed by atoms with E-state index in [0.717, 1.165) is 23.4 Å². The number of rotatable bonds is 5. The first kappa shape index (κ1) is 18.1. The minimum atomic E-state index is -3.17. The van der Waals surface area contributed by atoms with Crippen molar-refractivity contribution in [2.45, 2.75) is 39.3 Å². The van der Waals surface area contributed by atoms with Gasteiger partial charge in [0.1, 0.15) is 4.88 Å². The summed E-state index contributed by atoms with van der Waals surface area (Å²) in [5.41, 5.74) is 0.761. The first-order valence-corrected chi connectivity index (χ1v) is 11.1. The summed E-state index contributed by atoms with van der Waals surface area (Å²) in [5.74, 6) is -0.212. The quantitative estimate of drug-likeness (QED) is 0.789. The number of carbonyl (C=O) groups excluding carboxylic acids is 1. The van der Waals surface area contributed by atoms with Gasteiger partial charge in [-0.2, -0.15) is 5.10 Å². The lowest BCUT2D eigenvalue weighted by Gasteiger charge is -2.34. The largest absolute Gasteiger partial charge is 0.329 e. The fourth-order valence-electron chi connectivity index (χ4n) is 2.93. The summed E-state index contributed by atoms with van der Waals surface area (Å²) in [6, 6.07) is -0.497. The van der Waals surface area contributed by atoms with E-state index in [-0.39, 0.29) is 24.0 Å². The highest BCUT2D eigenvalue weighted by Crippen LogP contribution is 2.29. The van der Waals surface area contributed by atoms with Crippen molar-refractivity contribution in [1.29, 1.82) is 0 Å². The average molecular weight is 383 g/mol. The molecule has 0 aromatic carbocycles. The number of amides is 1. The summed E-state index contributed by atoms with van der Waals surface area (Å²) in [5, 5.41) is 5.16. The van der Waals surface area contributed by atoms with Crippen molar-refractivity contribution in [1.82, 2.24) is 19.7 Å². The topological polar surface area (TPSA) is 85.2 Å². The van der Waals surface area contributed by atoms with Crippen molar-refractivity contribution in [3.8, 4) is 0 Å². The van der Waals surface area contributed by atoms with Gasteiger partial charge in [0.25, 0.3) is 5.91 Å². The molecule has 0 bridgehead atoms. The maximum Gasteiger partial charge on any atom is 0.266 e. The third kappa shape index (κ3) is 3.92. The molecule has 7 nitrogen and oxygen atoms in total. The third-order valence-electron chi connectivity index (χ3n) is 4.28. The predicted molar refractivity (Wildman–Crippen MR) is 96.4 cm³/mol. The van der Waals surface area contributed by atoms with Gasteiger partial charge in [0.05, 0.1) is 34.9 Å². The van der Waals surface area contributed by atoms with Crippen molar-refractivity contribution in [2.75, 3.05) is 18.1 Å². The van der Waals surface area contributed by atoms with Crippen molar-refractivity contribution < 1.29 is 13.2 Å². The maximum absolute atomic E-state index is 13.0. The first-order chi connectivity index (χ1) is 11.9. The summed E-state index contributed by atoms with van der Waals surface area (Å²) < 4.78 is 26.0. The highest BCUT2D eigenvalue weighted by Gasteiger charge is 2.36. The van der Waals surface area contributed by atoms with E-state index in [0.29, 0.717) is 11.4 Å².